The van der Waals surface area contributed by atoms with E-state index in [1.54, 1.807) is 0 Å². The minimum Gasteiger partial charge on any atom is -0.378 e. The van der Waals surface area contributed by atoms with E-state index in [0.29, 0.717) is 0 Å². The number of hydrogen-bond donors (Lipinski definition) is 1. The third-order valence-corrected chi connectivity index (χ3v) is 3.75. The van der Waals surface area contributed by atoms with Gasteiger partial charge in [0.25, 0.3) is 0 Å². The molecule has 1 nitrogen and oxygen atoms in total. The van der Waals surface area contributed by atoms with Gasteiger partial charge in [-0.2, -0.15) is 13.2 Å². The van der Waals surface area contributed by atoms with Crippen molar-refractivity contribution in [2.75, 3.05) is 5.32 Å². The second kappa shape index (κ2) is 6.05. The van der Waals surface area contributed by atoms with Crippen molar-refractivity contribution in [3.63, 3.8) is 0 Å². The first-order valence-electron chi connectivity index (χ1n) is 6.16. The molecule has 1 N–H and O–H groups in total. The molecule has 2 aromatic rings. The Kier molecular flexibility index (Phi) is 4.56. The molecule has 0 fully saturated rings. The van der Waals surface area contributed by atoms with Crippen LogP contribution in [0.15, 0.2) is 46.9 Å². The fourth-order valence-electron chi connectivity index (χ4n) is 1.99. The van der Waals surface area contributed by atoms with Crippen LogP contribution in [0.4, 0.5) is 23.2 Å². The fourth-order valence-corrected chi connectivity index (χ4v) is 2.61. The van der Waals surface area contributed by atoms with Gasteiger partial charge in [-0.1, -0.05) is 34.1 Å². The summed E-state index contributed by atoms with van der Waals surface area (Å²) in [5.74, 6) is -1.28. The van der Waals surface area contributed by atoms with Crippen LogP contribution in [-0.4, -0.2) is 0 Å². The molecule has 2 rings (SSSR count). The number of hydrogen-bond acceptors (Lipinski definition) is 1. The Labute approximate surface area is 128 Å². The quantitative estimate of drug-likeness (QED) is 0.683. The second-order valence-electron chi connectivity index (χ2n) is 4.58. The summed E-state index contributed by atoms with van der Waals surface area (Å²) in [4.78, 5) is 0. The summed E-state index contributed by atoms with van der Waals surface area (Å²) in [6.45, 7) is 1.82. The maximum atomic E-state index is 13.2. The number of anilines is 1. The van der Waals surface area contributed by atoms with Gasteiger partial charge in [-0.15, -0.1) is 0 Å². The first kappa shape index (κ1) is 15.8. The summed E-state index contributed by atoms with van der Waals surface area (Å²) in [7, 11) is 0. The highest BCUT2D eigenvalue weighted by molar-refractivity contribution is 9.10. The van der Waals surface area contributed by atoms with E-state index in [-0.39, 0.29) is 11.7 Å². The van der Waals surface area contributed by atoms with Crippen molar-refractivity contribution in [1.29, 1.82) is 0 Å². The largest absolute Gasteiger partial charge is 0.419 e. The van der Waals surface area contributed by atoms with E-state index in [4.69, 9.17) is 0 Å². The lowest BCUT2D eigenvalue weighted by Gasteiger charge is -2.18. The molecule has 0 saturated heterocycles. The summed E-state index contributed by atoms with van der Waals surface area (Å²) in [6.07, 6.45) is -4.71. The van der Waals surface area contributed by atoms with Crippen LogP contribution in [-0.2, 0) is 6.18 Å². The minimum atomic E-state index is -4.71. The zero-order valence-corrected chi connectivity index (χ0v) is 12.6. The highest BCUT2D eigenvalue weighted by Crippen LogP contribution is 2.34. The number of nitrogens with one attached hydrogen (secondary N) is 1. The molecule has 112 valence electrons. The predicted molar refractivity (Wildman–Crippen MR) is 77.6 cm³/mol. The lowest BCUT2D eigenvalue weighted by Crippen LogP contribution is -2.11. The maximum absolute atomic E-state index is 13.2. The van der Waals surface area contributed by atoms with Crippen LogP contribution in [0.25, 0.3) is 0 Å². The normalized spacial score (nSPS) is 13.0. The zero-order valence-electron chi connectivity index (χ0n) is 11.0. The SMILES string of the molecule is CC(Nc1ccc(F)c(C(F)(F)F)c1)c1ccccc1Br. The Morgan fingerprint density at radius 1 is 1.10 bits per heavy atom. The van der Waals surface area contributed by atoms with Crippen molar-refractivity contribution in [2.24, 2.45) is 0 Å². The van der Waals surface area contributed by atoms with Crippen LogP contribution in [0.2, 0.25) is 0 Å². The van der Waals surface area contributed by atoms with Crippen molar-refractivity contribution in [2.45, 2.75) is 19.1 Å². The van der Waals surface area contributed by atoms with Crippen molar-refractivity contribution >= 4 is 21.6 Å². The van der Waals surface area contributed by atoms with E-state index in [1.807, 2.05) is 31.2 Å². The number of alkyl halides is 3. The van der Waals surface area contributed by atoms with Crippen LogP contribution in [0, 0.1) is 5.82 Å². The van der Waals surface area contributed by atoms with Gasteiger partial charge in [0.2, 0.25) is 0 Å². The van der Waals surface area contributed by atoms with Gasteiger partial charge in [0.15, 0.2) is 0 Å². The Morgan fingerprint density at radius 3 is 2.38 bits per heavy atom. The smallest absolute Gasteiger partial charge is 0.378 e. The van der Waals surface area contributed by atoms with Gasteiger partial charge < -0.3 is 5.32 Å². The average molecular weight is 362 g/mol. The monoisotopic (exact) mass is 361 g/mol. The van der Waals surface area contributed by atoms with E-state index in [9.17, 15) is 17.6 Å². The number of halogens is 5. The molecular formula is C15H12BrF4N. The van der Waals surface area contributed by atoms with Crippen LogP contribution >= 0.6 is 15.9 Å². The molecule has 21 heavy (non-hydrogen) atoms. The minimum absolute atomic E-state index is 0.215. The molecule has 0 aliphatic heterocycles. The van der Waals surface area contributed by atoms with Crippen LogP contribution in [0.5, 0.6) is 0 Å². The molecule has 6 heteroatoms. The summed E-state index contributed by atoms with van der Waals surface area (Å²) < 4.78 is 52.1. The van der Waals surface area contributed by atoms with Crippen molar-refractivity contribution < 1.29 is 17.6 Å². The highest BCUT2D eigenvalue weighted by atomic mass is 79.9. The molecule has 1 atom stereocenters. The molecule has 0 bridgehead atoms. The lowest BCUT2D eigenvalue weighted by atomic mass is 10.1. The molecule has 0 amide bonds. The average Bonchev–Trinajstić information content (AvgIpc) is 2.40. The molecule has 0 aromatic heterocycles. The molecular weight excluding hydrogens is 350 g/mol. The molecule has 1 unspecified atom stereocenters. The number of rotatable bonds is 3. The van der Waals surface area contributed by atoms with E-state index >= 15 is 0 Å². The first-order chi connectivity index (χ1) is 9.79. The zero-order chi connectivity index (χ0) is 15.6. The molecule has 0 heterocycles. The van der Waals surface area contributed by atoms with Gasteiger partial charge in [-0.25, -0.2) is 4.39 Å². The summed E-state index contributed by atoms with van der Waals surface area (Å²) in [6, 6.07) is 10.0. The van der Waals surface area contributed by atoms with E-state index in [1.165, 1.54) is 6.07 Å². The molecule has 0 radical (unpaired) electrons. The second-order valence-corrected chi connectivity index (χ2v) is 5.43. The van der Waals surface area contributed by atoms with Crippen molar-refractivity contribution in [3.05, 3.63) is 63.9 Å². The Morgan fingerprint density at radius 2 is 1.76 bits per heavy atom. The first-order valence-corrected chi connectivity index (χ1v) is 6.96. The standard InChI is InChI=1S/C15H12BrF4N/c1-9(11-4-2-3-5-13(11)16)21-10-6-7-14(17)12(8-10)15(18,19)20/h2-9,21H,1H3. The van der Waals surface area contributed by atoms with Gasteiger partial charge >= 0.3 is 6.18 Å². The fraction of sp³-hybridized carbons (Fsp3) is 0.200. The van der Waals surface area contributed by atoms with Gasteiger partial charge in [0.1, 0.15) is 5.82 Å². The Balaban J connectivity index is 2.26. The summed E-state index contributed by atoms with van der Waals surface area (Å²) in [5, 5.41) is 2.94. The van der Waals surface area contributed by atoms with Crippen molar-refractivity contribution in [1.82, 2.24) is 0 Å². The predicted octanol–water partition coefficient (Wildman–Crippen LogP) is 5.78. The molecule has 2 aromatic carbocycles. The van der Waals surface area contributed by atoms with E-state index in [0.717, 1.165) is 22.2 Å². The topological polar surface area (TPSA) is 12.0 Å². The van der Waals surface area contributed by atoms with Crippen LogP contribution < -0.4 is 5.32 Å². The summed E-state index contributed by atoms with van der Waals surface area (Å²) in [5.41, 5.74) is -0.158. The third kappa shape index (κ3) is 3.75. The lowest BCUT2D eigenvalue weighted by molar-refractivity contribution is -0.139. The Bertz CT molecular complexity index is 640. The maximum Gasteiger partial charge on any atom is 0.419 e. The van der Waals surface area contributed by atoms with Gasteiger partial charge in [0.05, 0.1) is 5.56 Å². The van der Waals surface area contributed by atoms with Crippen LogP contribution in [0.1, 0.15) is 24.1 Å². The van der Waals surface area contributed by atoms with Crippen LogP contribution in [0.3, 0.4) is 0 Å². The van der Waals surface area contributed by atoms with E-state index < -0.39 is 17.6 Å². The van der Waals surface area contributed by atoms with Gasteiger partial charge in [-0.05, 0) is 36.8 Å². The molecule has 0 aliphatic carbocycles. The summed E-state index contributed by atoms with van der Waals surface area (Å²) >= 11 is 3.39. The molecule has 0 saturated carbocycles. The third-order valence-electron chi connectivity index (χ3n) is 3.03. The number of benzene rings is 2. The van der Waals surface area contributed by atoms with Gasteiger partial charge in [0, 0.05) is 16.2 Å². The molecule has 0 spiro atoms. The van der Waals surface area contributed by atoms with Crippen molar-refractivity contribution in [3.8, 4) is 0 Å². The van der Waals surface area contributed by atoms with E-state index in [2.05, 4.69) is 21.2 Å². The molecule has 0 aliphatic rings. The highest BCUT2D eigenvalue weighted by Gasteiger charge is 2.34. The van der Waals surface area contributed by atoms with Gasteiger partial charge in [-0.3, -0.25) is 0 Å². The Hall–Kier alpha value is -1.56.